The van der Waals surface area contributed by atoms with Gasteiger partial charge in [-0.2, -0.15) is 0 Å². The maximum atomic E-state index is 13.3. The van der Waals surface area contributed by atoms with Crippen LogP contribution in [0.15, 0.2) is 16.6 Å². The minimum Gasteiger partial charge on any atom is -0.401 e. The summed E-state index contributed by atoms with van der Waals surface area (Å²) >= 11 is 3.11. The molecule has 12 heavy (non-hydrogen) atoms. The first kappa shape index (κ1) is 8.26. The maximum Gasteiger partial charge on any atom is 0.197 e. The van der Waals surface area contributed by atoms with Crippen molar-refractivity contribution >= 4 is 28.7 Å². The summed E-state index contributed by atoms with van der Waals surface area (Å²) in [5, 5.41) is 9.28. The molecule has 0 amide bonds. The quantitative estimate of drug-likeness (QED) is 0.643. The third-order valence-corrected chi connectivity index (χ3v) is 2.80. The molecule has 0 bridgehead atoms. The van der Waals surface area contributed by atoms with Crippen LogP contribution in [0.2, 0.25) is 0 Å². The van der Waals surface area contributed by atoms with E-state index in [0.29, 0.717) is 23.6 Å². The number of aliphatic hydroxyl groups excluding tert-OH is 1. The van der Waals surface area contributed by atoms with Crippen molar-refractivity contribution in [1.82, 2.24) is 0 Å². The van der Waals surface area contributed by atoms with E-state index in [4.69, 9.17) is 0 Å². The van der Waals surface area contributed by atoms with Gasteiger partial charge in [0.25, 0.3) is 0 Å². The van der Waals surface area contributed by atoms with Gasteiger partial charge in [-0.25, -0.2) is 4.39 Å². The molecule has 1 aromatic rings. The van der Waals surface area contributed by atoms with Crippen molar-refractivity contribution in [2.75, 3.05) is 0 Å². The molecule has 1 aliphatic heterocycles. The zero-order valence-corrected chi connectivity index (χ0v) is 7.94. The Hall–Kier alpha value is -0.345. The zero-order valence-electron chi connectivity index (χ0n) is 6.35. The van der Waals surface area contributed by atoms with Crippen molar-refractivity contribution < 1.29 is 9.50 Å². The Kier molecular flexibility index (Phi) is 1.97. The third kappa shape index (κ3) is 1.19. The predicted molar refractivity (Wildman–Crippen MR) is 50.6 cm³/mol. The molecule has 1 unspecified atom stereocenters. The van der Waals surface area contributed by atoms with E-state index in [1.165, 1.54) is 0 Å². The summed E-state index contributed by atoms with van der Waals surface area (Å²) in [6, 6.07) is 3.15. The highest BCUT2D eigenvalue weighted by Gasteiger charge is 2.24. The van der Waals surface area contributed by atoms with E-state index in [1.54, 1.807) is 6.07 Å². The Labute approximate surface area is 79.0 Å². The van der Waals surface area contributed by atoms with Crippen LogP contribution in [0.3, 0.4) is 0 Å². The number of aliphatic hydroxyl groups is 1. The molecule has 0 aromatic heterocycles. The van der Waals surface area contributed by atoms with Crippen LogP contribution in [0.1, 0.15) is 5.56 Å². The number of benzene rings is 1. The number of fused-ring (bicyclic) bond motifs is 1. The smallest absolute Gasteiger partial charge is 0.197 e. The zero-order chi connectivity index (χ0) is 8.72. The summed E-state index contributed by atoms with van der Waals surface area (Å²) in [5.74, 6) is -0.218. The fourth-order valence-electron chi connectivity index (χ4n) is 1.61. The molecule has 1 atom stereocenters. The minimum absolute atomic E-state index is 0.218. The summed E-state index contributed by atoms with van der Waals surface area (Å²) in [7, 11) is 0.445. The SMILES string of the molecule is OC1Bc2c(ccc(Br)c2F)C1. The molecule has 1 N–H and O–H groups in total. The molecule has 1 heterocycles. The predicted octanol–water partition coefficient (Wildman–Crippen LogP) is 0.524. The van der Waals surface area contributed by atoms with Gasteiger partial charge in [0.1, 0.15) is 5.82 Å². The molecule has 1 nitrogen and oxygen atoms in total. The van der Waals surface area contributed by atoms with Crippen LogP contribution in [-0.2, 0) is 6.42 Å². The molecule has 0 saturated heterocycles. The molecule has 1 aliphatic rings. The third-order valence-electron chi connectivity index (χ3n) is 2.19. The van der Waals surface area contributed by atoms with Gasteiger partial charge in [0.05, 0.1) is 4.47 Å². The van der Waals surface area contributed by atoms with Crippen LogP contribution in [0.25, 0.3) is 0 Å². The van der Waals surface area contributed by atoms with Crippen LogP contribution < -0.4 is 5.46 Å². The van der Waals surface area contributed by atoms with E-state index < -0.39 is 6.00 Å². The molecule has 4 heteroatoms. The minimum atomic E-state index is -0.399. The molecule has 0 spiro atoms. The topological polar surface area (TPSA) is 20.2 Å². The summed E-state index contributed by atoms with van der Waals surface area (Å²) in [5.41, 5.74) is 1.60. The average molecular weight is 229 g/mol. The molecule has 0 radical (unpaired) electrons. The molecule has 2 rings (SSSR count). The molecular weight excluding hydrogens is 222 g/mol. The van der Waals surface area contributed by atoms with Crippen LogP contribution >= 0.6 is 15.9 Å². The highest BCUT2D eigenvalue weighted by Crippen LogP contribution is 2.18. The van der Waals surface area contributed by atoms with E-state index in [-0.39, 0.29) is 5.82 Å². The highest BCUT2D eigenvalue weighted by molar-refractivity contribution is 9.10. The van der Waals surface area contributed by atoms with Crippen molar-refractivity contribution in [2.24, 2.45) is 0 Å². The fraction of sp³-hybridized carbons (Fsp3) is 0.250. The van der Waals surface area contributed by atoms with Crippen LogP contribution in [0.4, 0.5) is 4.39 Å². The van der Waals surface area contributed by atoms with Gasteiger partial charge in [-0.3, -0.25) is 0 Å². The number of hydrogen-bond acceptors (Lipinski definition) is 1. The maximum absolute atomic E-state index is 13.3. The molecule has 62 valence electrons. The Morgan fingerprint density at radius 1 is 1.58 bits per heavy atom. The Morgan fingerprint density at radius 3 is 3.08 bits per heavy atom. The normalized spacial score (nSPS) is 20.4. The Balaban J connectivity index is 2.54. The van der Waals surface area contributed by atoms with E-state index in [1.807, 2.05) is 6.07 Å². The monoisotopic (exact) mass is 228 g/mol. The van der Waals surface area contributed by atoms with Gasteiger partial charge in [0.15, 0.2) is 7.28 Å². The summed E-state index contributed by atoms with van der Waals surface area (Å²) in [6.07, 6.45) is 0.583. The second-order valence-corrected chi connectivity index (χ2v) is 3.92. The van der Waals surface area contributed by atoms with Crippen LogP contribution in [-0.4, -0.2) is 18.4 Å². The van der Waals surface area contributed by atoms with Gasteiger partial charge >= 0.3 is 0 Å². The van der Waals surface area contributed by atoms with Gasteiger partial charge in [0, 0.05) is 6.00 Å². The molecule has 0 fully saturated rings. The number of hydrogen-bond donors (Lipinski definition) is 1. The first-order valence-corrected chi connectivity index (χ1v) is 4.61. The van der Waals surface area contributed by atoms with Crippen molar-refractivity contribution in [1.29, 1.82) is 0 Å². The van der Waals surface area contributed by atoms with Crippen molar-refractivity contribution in [2.45, 2.75) is 12.4 Å². The van der Waals surface area contributed by atoms with Crippen LogP contribution in [0, 0.1) is 5.82 Å². The largest absolute Gasteiger partial charge is 0.401 e. The first-order chi connectivity index (χ1) is 5.68. The summed E-state index contributed by atoms with van der Waals surface area (Å²) in [6.45, 7) is 0. The lowest BCUT2D eigenvalue weighted by atomic mass is 9.69. The van der Waals surface area contributed by atoms with Gasteiger partial charge in [0.2, 0.25) is 0 Å². The second-order valence-electron chi connectivity index (χ2n) is 3.06. The van der Waals surface area contributed by atoms with E-state index >= 15 is 0 Å². The highest BCUT2D eigenvalue weighted by atomic mass is 79.9. The molecule has 1 aromatic carbocycles. The van der Waals surface area contributed by atoms with Crippen LogP contribution in [0.5, 0.6) is 0 Å². The van der Waals surface area contributed by atoms with Crippen molar-refractivity contribution in [3.05, 3.63) is 28.0 Å². The summed E-state index contributed by atoms with van der Waals surface area (Å²) in [4.78, 5) is 0. The van der Waals surface area contributed by atoms with E-state index in [9.17, 15) is 9.50 Å². The number of halogens is 2. The lowest BCUT2D eigenvalue weighted by Gasteiger charge is -2.01. The summed E-state index contributed by atoms with van der Waals surface area (Å²) < 4.78 is 13.8. The lowest BCUT2D eigenvalue weighted by Crippen LogP contribution is -2.23. The molecular formula is C8H7BBrFO. The number of rotatable bonds is 0. The average Bonchev–Trinajstić information content (AvgIpc) is 2.39. The first-order valence-electron chi connectivity index (χ1n) is 3.82. The van der Waals surface area contributed by atoms with Gasteiger partial charge in [-0.15, -0.1) is 0 Å². The molecule has 0 aliphatic carbocycles. The van der Waals surface area contributed by atoms with Crippen molar-refractivity contribution in [3.63, 3.8) is 0 Å². The Morgan fingerprint density at radius 2 is 2.33 bits per heavy atom. The van der Waals surface area contributed by atoms with Gasteiger partial charge in [-0.05, 0) is 39.4 Å². The van der Waals surface area contributed by atoms with E-state index in [2.05, 4.69) is 15.9 Å². The van der Waals surface area contributed by atoms with Gasteiger partial charge in [-0.1, -0.05) is 6.07 Å². The molecule has 0 saturated carbocycles. The Bertz CT molecular complexity index is 329. The lowest BCUT2D eigenvalue weighted by molar-refractivity contribution is 0.258. The van der Waals surface area contributed by atoms with E-state index in [0.717, 1.165) is 5.56 Å². The second kappa shape index (κ2) is 2.85. The van der Waals surface area contributed by atoms with Gasteiger partial charge < -0.3 is 5.11 Å². The standard InChI is InChI=1S/C8H7BBrFO/c10-5-2-1-4-3-6(12)9-7(4)8(5)11/h1-2,6,9,12H,3H2. The fourth-order valence-corrected chi connectivity index (χ4v) is 1.98. The van der Waals surface area contributed by atoms with Crippen molar-refractivity contribution in [3.8, 4) is 0 Å².